The molecule has 0 bridgehead atoms. The summed E-state index contributed by atoms with van der Waals surface area (Å²) in [7, 11) is 1.90. The maximum atomic E-state index is 11.9. The van der Waals surface area contributed by atoms with Crippen LogP contribution in [0.2, 0.25) is 0 Å². The van der Waals surface area contributed by atoms with Crippen LogP contribution in [0.1, 0.15) is 36.9 Å². The number of nitrogens with zero attached hydrogens (tertiary/aromatic N) is 2. The van der Waals surface area contributed by atoms with E-state index in [9.17, 15) is 9.90 Å². The highest BCUT2D eigenvalue weighted by Gasteiger charge is 2.44. The minimum atomic E-state index is -0.715. The van der Waals surface area contributed by atoms with Gasteiger partial charge in [0.15, 0.2) is 0 Å². The van der Waals surface area contributed by atoms with Gasteiger partial charge in [-0.15, -0.1) is 0 Å². The summed E-state index contributed by atoms with van der Waals surface area (Å²) >= 11 is 0. The molecule has 1 saturated carbocycles. The smallest absolute Gasteiger partial charge is 0.314 e. The molecule has 0 aliphatic heterocycles. The predicted octanol–water partition coefficient (Wildman–Crippen LogP) is 2.78. The molecule has 0 atom stereocenters. The van der Waals surface area contributed by atoms with Crippen molar-refractivity contribution in [3.63, 3.8) is 0 Å². The van der Waals surface area contributed by atoms with Crippen molar-refractivity contribution in [2.45, 2.75) is 38.0 Å². The van der Waals surface area contributed by atoms with Crippen LogP contribution < -0.4 is 0 Å². The zero-order valence-electron chi connectivity index (χ0n) is 11.3. The average Bonchev–Trinajstić information content (AvgIpc) is 2.97. The maximum Gasteiger partial charge on any atom is 0.314 e. The molecular formula is C15H18N2O2. The number of fused-ring (bicyclic) bond motifs is 1. The summed E-state index contributed by atoms with van der Waals surface area (Å²) in [5.41, 5.74) is 2.16. The molecule has 1 aliphatic rings. The fourth-order valence-electron chi connectivity index (χ4n) is 3.49. The first-order valence-corrected chi connectivity index (χ1v) is 6.72. The van der Waals surface area contributed by atoms with Crippen LogP contribution in [-0.4, -0.2) is 20.9 Å². The molecule has 1 aromatic carbocycles. The highest BCUT2D eigenvalue weighted by molar-refractivity contribution is 5.93. The summed E-state index contributed by atoms with van der Waals surface area (Å²) in [5, 5.41) is 15.2. The van der Waals surface area contributed by atoms with E-state index in [1.54, 1.807) is 0 Å². The van der Waals surface area contributed by atoms with Gasteiger partial charge in [-0.05, 0) is 31.4 Å². The van der Waals surface area contributed by atoms with Crippen LogP contribution in [0.4, 0.5) is 0 Å². The molecule has 19 heavy (non-hydrogen) atoms. The van der Waals surface area contributed by atoms with Crippen LogP contribution in [0, 0.1) is 6.92 Å². The second-order valence-corrected chi connectivity index (χ2v) is 5.50. The Bertz CT molecular complexity index is 651. The molecule has 0 amide bonds. The SMILES string of the molecule is Cc1nn(C)c2cccc(C3(C(=O)O)CCCC3)c12. The monoisotopic (exact) mass is 258 g/mol. The number of benzene rings is 1. The second-order valence-electron chi connectivity index (χ2n) is 5.50. The Balaban J connectivity index is 2.33. The molecule has 2 aromatic rings. The number of aromatic nitrogens is 2. The summed E-state index contributed by atoms with van der Waals surface area (Å²) in [6.45, 7) is 1.95. The predicted molar refractivity (Wildman–Crippen MR) is 73.2 cm³/mol. The van der Waals surface area contributed by atoms with Gasteiger partial charge in [-0.25, -0.2) is 0 Å². The van der Waals surface area contributed by atoms with Gasteiger partial charge >= 0.3 is 5.97 Å². The summed E-state index contributed by atoms with van der Waals surface area (Å²) in [6, 6.07) is 5.92. The minimum Gasteiger partial charge on any atom is -0.481 e. The quantitative estimate of drug-likeness (QED) is 0.901. The van der Waals surface area contributed by atoms with E-state index in [0.29, 0.717) is 0 Å². The zero-order chi connectivity index (χ0) is 13.6. The van der Waals surface area contributed by atoms with Gasteiger partial charge in [-0.2, -0.15) is 5.10 Å². The van der Waals surface area contributed by atoms with E-state index in [1.165, 1.54) is 0 Å². The summed E-state index contributed by atoms with van der Waals surface area (Å²) in [4.78, 5) is 11.9. The molecule has 1 N–H and O–H groups in total. The zero-order valence-corrected chi connectivity index (χ0v) is 11.3. The molecule has 1 aromatic heterocycles. The second kappa shape index (κ2) is 4.08. The standard InChI is InChI=1S/C15H18N2O2/c1-10-13-11(6-5-7-12(13)17(2)16-10)15(14(18)19)8-3-4-9-15/h5-7H,3-4,8-9H2,1-2H3,(H,18,19). The summed E-state index contributed by atoms with van der Waals surface area (Å²) in [5.74, 6) is -0.694. The molecule has 3 rings (SSSR count). The third-order valence-corrected chi connectivity index (χ3v) is 4.43. The molecule has 1 heterocycles. The van der Waals surface area contributed by atoms with Gasteiger partial charge in [-0.1, -0.05) is 25.0 Å². The Morgan fingerprint density at radius 1 is 1.37 bits per heavy atom. The molecule has 100 valence electrons. The van der Waals surface area contributed by atoms with Gasteiger partial charge in [0.1, 0.15) is 0 Å². The Morgan fingerprint density at radius 3 is 2.68 bits per heavy atom. The minimum absolute atomic E-state index is 0.694. The van der Waals surface area contributed by atoms with Gasteiger partial charge in [0.25, 0.3) is 0 Å². The number of carboxylic acid groups (broad SMARTS) is 1. The Hall–Kier alpha value is -1.84. The number of aliphatic carboxylic acids is 1. The summed E-state index contributed by atoms with van der Waals surface area (Å²) < 4.78 is 1.83. The van der Waals surface area contributed by atoms with Crippen molar-refractivity contribution in [3.8, 4) is 0 Å². The topological polar surface area (TPSA) is 55.1 Å². The van der Waals surface area contributed by atoms with Crippen molar-refractivity contribution in [2.24, 2.45) is 7.05 Å². The van der Waals surface area contributed by atoms with Crippen molar-refractivity contribution in [1.29, 1.82) is 0 Å². The lowest BCUT2D eigenvalue weighted by Crippen LogP contribution is -2.32. The molecule has 0 spiro atoms. The van der Waals surface area contributed by atoms with E-state index in [2.05, 4.69) is 5.10 Å². The molecule has 4 nitrogen and oxygen atoms in total. The number of carbonyl (C=O) groups is 1. The lowest BCUT2D eigenvalue weighted by atomic mass is 9.77. The van der Waals surface area contributed by atoms with Crippen LogP contribution in [-0.2, 0) is 17.3 Å². The van der Waals surface area contributed by atoms with E-state index in [0.717, 1.165) is 47.8 Å². The van der Waals surface area contributed by atoms with Crippen LogP contribution in [0.15, 0.2) is 18.2 Å². The highest BCUT2D eigenvalue weighted by Crippen LogP contribution is 2.44. The molecule has 0 radical (unpaired) electrons. The molecule has 4 heteroatoms. The average molecular weight is 258 g/mol. The Morgan fingerprint density at radius 2 is 2.05 bits per heavy atom. The van der Waals surface area contributed by atoms with E-state index in [1.807, 2.05) is 36.9 Å². The van der Waals surface area contributed by atoms with Gasteiger partial charge in [0.05, 0.1) is 16.6 Å². The Labute approximate surface area is 112 Å². The Kier molecular flexibility index (Phi) is 2.62. The van der Waals surface area contributed by atoms with Crippen molar-refractivity contribution in [3.05, 3.63) is 29.5 Å². The fraction of sp³-hybridized carbons (Fsp3) is 0.467. The first-order chi connectivity index (χ1) is 9.06. The van der Waals surface area contributed by atoms with E-state index >= 15 is 0 Å². The van der Waals surface area contributed by atoms with Crippen LogP contribution in [0.25, 0.3) is 10.9 Å². The molecule has 0 unspecified atom stereocenters. The number of hydrogen-bond donors (Lipinski definition) is 1. The third-order valence-electron chi connectivity index (χ3n) is 4.43. The van der Waals surface area contributed by atoms with Crippen molar-refractivity contribution in [2.75, 3.05) is 0 Å². The normalized spacial score (nSPS) is 18.0. The van der Waals surface area contributed by atoms with Gasteiger partial charge in [0.2, 0.25) is 0 Å². The lowest BCUT2D eigenvalue weighted by molar-refractivity contribution is -0.143. The number of hydrogen-bond acceptors (Lipinski definition) is 2. The van der Waals surface area contributed by atoms with E-state index in [4.69, 9.17) is 0 Å². The number of aryl methyl sites for hydroxylation is 2. The van der Waals surface area contributed by atoms with Gasteiger partial charge < -0.3 is 5.11 Å². The van der Waals surface area contributed by atoms with E-state index < -0.39 is 11.4 Å². The van der Waals surface area contributed by atoms with Crippen molar-refractivity contribution < 1.29 is 9.90 Å². The largest absolute Gasteiger partial charge is 0.481 e. The van der Waals surface area contributed by atoms with Gasteiger partial charge in [-0.3, -0.25) is 9.48 Å². The maximum absolute atomic E-state index is 11.9. The van der Waals surface area contributed by atoms with Gasteiger partial charge in [0, 0.05) is 12.4 Å². The first kappa shape index (κ1) is 12.2. The fourth-order valence-corrected chi connectivity index (χ4v) is 3.49. The molecular weight excluding hydrogens is 240 g/mol. The van der Waals surface area contributed by atoms with Crippen molar-refractivity contribution in [1.82, 2.24) is 9.78 Å². The van der Waals surface area contributed by atoms with E-state index in [-0.39, 0.29) is 0 Å². The number of carboxylic acids is 1. The number of rotatable bonds is 2. The third kappa shape index (κ3) is 1.59. The summed E-state index contributed by atoms with van der Waals surface area (Å²) in [6.07, 6.45) is 3.44. The molecule has 0 saturated heterocycles. The highest BCUT2D eigenvalue weighted by atomic mass is 16.4. The lowest BCUT2D eigenvalue weighted by Gasteiger charge is -2.25. The van der Waals surface area contributed by atoms with Crippen LogP contribution >= 0.6 is 0 Å². The first-order valence-electron chi connectivity index (χ1n) is 6.72. The van der Waals surface area contributed by atoms with Crippen molar-refractivity contribution >= 4 is 16.9 Å². The van der Waals surface area contributed by atoms with Crippen LogP contribution in [0.3, 0.4) is 0 Å². The van der Waals surface area contributed by atoms with Crippen LogP contribution in [0.5, 0.6) is 0 Å². The molecule has 1 fully saturated rings. The molecule has 1 aliphatic carbocycles.